The fourth-order valence-electron chi connectivity index (χ4n) is 1.74. The number of aryl methyl sites for hydroxylation is 1. The summed E-state index contributed by atoms with van der Waals surface area (Å²) in [6.45, 7) is 3.17. The molecule has 0 radical (unpaired) electrons. The molecule has 2 heterocycles. The number of nitrogen functional groups attached to an aromatic ring is 1. The molecule has 0 amide bonds. The van der Waals surface area contributed by atoms with Crippen LogP contribution in [0.5, 0.6) is 6.01 Å². The van der Waals surface area contributed by atoms with E-state index in [1.54, 1.807) is 10.9 Å². The first-order chi connectivity index (χ1) is 10.1. The van der Waals surface area contributed by atoms with Gasteiger partial charge in [-0.3, -0.25) is 10.1 Å². The molecule has 2 aromatic heterocycles. The van der Waals surface area contributed by atoms with Gasteiger partial charge in [0.25, 0.3) is 0 Å². The van der Waals surface area contributed by atoms with Crippen LogP contribution in [0, 0.1) is 0 Å². The molecule has 0 fully saturated rings. The molecule has 0 aliphatic rings. The first-order valence-electron chi connectivity index (χ1n) is 6.66. The van der Waals surface area contributed by atoms with Crippen molar-refractivity contribution in [3.05, 3.63) is 18.0 Å². The van der Waals surface area contributed by atoms with Gasteiger partial charge in [0, 0.05) is 32.4 Å². The highest BCUT2D eigenvalue weighted by atomic mass is 16.5. The lowest BCUT2D eigenvalue weighted by atomic mass is 10.3. The molecule has 0 aliphatic carbocycles. The van der Waals surface area contributed by atoms with E-state index in [-0.39, 0.29) is 12.0 Å². The lowest BCUT2D eigenvalue weighted by Crippen LogP contribution is -2.21. The second-order valence-corrected chi connectivity index (χ2v) is 4.61. The van der Waals surface area contributed by atoms with Crippen molar-refractivity contribution >= 4 is 11.9 Å². The Balaban J connectivity index is 2.16. The lowest BCUT2D eigenvalue weighted by Gasteiger charge is -2.17. The van der Waals surface area contributed by atoms with Crippen molar-refractivity contribution in [3.8, 4) is 6.01 Å². The van der Waals surface area contributed by atoms with Gasteiger partial charge in [0.05, 0.1) is 12.8 Å². The molecule has 0 bridgehead atoms. The Hall–Kier alpha value is -2.42. The highest BCUT2D eigenvalue weighted by Gasteiger charge is 2.12. The van der Waals surface area contributed by atoms with Crippen LogP contribution in [0.15, 0.2) is 12.4 Å². The van der Waals surface area contributed by atoms with Crippen molar-refractivity contribution in [1.29, 1.82) is 0 Å². The Bertz CT molecular complexity index is 584. The van der Waals surface area contributed by atoms with Crippen LogP contribution in [0.2, 0.25) is 0 Å². The van der Waals surface area contributed by atoms with Crippen molar-refractivity contribution in [2.24, 2.45) is 12.9 Å². The zero-order chi connectivity index (χ0) is 15.2. The quantitative estimate of drug-likeness (QED) is 0.555. The average Bonchev–Trinajstić information content (AvgIpc) is 2.89. The summed E-state index contributed by atoms with van der Waals surface area (Å²) < 4.78 is 7.19. The number of nitrogens with zero attached hydrogens (tertiary/aromatic N) is 6. The van der Waals surface area contributed by atoms with Crippen LogP contribution in [0.3, 0.4) is 0 Å². The van der Waals surface area contributed by atoms with Crippen molar-refractivity contribution < 1.29 is 4.74 Å². The van der Waals surface area contributed by atoms with Crippen molar-refractivity contribution in [2.75, 3.05) is 24.0 Å². The molecule has 0 saturated heterocycles. The van der Waals surface area contributed by atoms with E-state index in [4.69, 9.17) is 10.6 Å². The standard InChI is InChI=1S/C12H20N8O/c1-4-5-21-12-16-10(18-13)15-11(17-12)19(2)7-9-6-14-20(3)8-9/h6,8H,4-5,7,13H2,1-3H3,(H,15,16,17,18). The lowest BCUT2D eigenvalue weighted by molar-refractivity contribution is 0.292. The second-order valence-electron chi connectivity index (χ2n) is 4.61. The van der Waals surface area contributed by atoms with Gasteiger partial charge in [0.15, 0.2) is 0 Å². The predicted molar refractivity (Wildman–Crippen MR) is 78.7 cm³/mol. The molecule has 0 saturated carbocycles. The smallest absolute Gasteiger partial charge is 0.323 e. The summed E-state index contributed by atoms with van der Waals surface area (Å²) in [6.07, 6.45) is 4.61. The largest absolute Gasteiger partial charge is 0.463 e. The van der Waals surface area contributed by atoms with Gasteiger partial charge in [-0.1, -0.05) is 6.92 Å². The van der Waals surface area contributed by atoms with Gasteiger partial charge in [-0.05, 0) is 6.42 Å². The molecule has 0 aliphatic heterocycles. The third kappa shape index (κ3) is 4.02. The summed E-state index contributed by atoms with van der Waals surface area (Å²) in [5.74, 6) is 6.13. The highest BCUT2D eigenvalue weighted by molar-refractivity contribution is 5.37. The van der Waals surface area contributed by atoms with E-state index < -0.39 is 0 Å². The maximum absolute atomic E-state index is 5.44. The zero-order valence-corrected chi connectivity index (χ0v) is 12.4. The monoisotopic (exact) mass is 292 g/mol. The van der Waals surface area contributed by atoms with Crippen molar-refractivity contribution in [1.82, 2.24) is 24.7 Å². The van der Waals surface area contributed by atoms with Gasteiger partial charge in [-0.25, -0.2) is 5.84 Å². The summed E-state index contributed by atoms with van der Waals surface area (Å²) in [7, 11) is 3.76. The van der Waals surface area contributed by atoms with Crippen LogP contribution in [-0.2, 0) is 13.6 Å². The summed E-state index contributed by atoms with van der Waals surface area (Å²) >= 11 is 0. The first-order valence-corrected chi connectivity index (χ1v) is 6.66. The third-order valence-electron chi connectivity index (χ3n) is 2.69. The molecule has 114 valence electrons. The molecule has 0 spiro atoms. The molecule has 0 atom stereocenters. The first kappa shape index (κ1) is 15.0. The minimum Gasteiger partial charge on any atom is -0.463 e. The van der Waals surface area contributed by atoms with Crippen LogP contribution in [-0.4, -0.2) is 38.4 Å². The molecule has 9 nitrogen and oxygen atoms in total. The Morgan fingerprint density at radius 3 is 2.81 bits per heavy atom. The van der Waals surface area contributed by atoms with Crippen LogP contribution in [0.1, 0.15) is 18.9 Å². The number of nitrogens with one attached hydrogen (secondary N) is 1. The molecule has 2 rings (SSSR count). The predicted octanol–water partition coefficient (Wildman–Crippen LogP) is 0.316. The summed E-state index contributed by atoms with van der Waals surface area (Å²) in [5, 5.41) is 4.13. The number of aromatic nitrogens is 5. The molecule has 2 aromatic rings. The van der Waals surface area contributed by atoms with E-state index in [0.29, 0.717) is 19.1 Å². The van der Waals surface area contributed by atoms with Crippen LogP contribution < -0.4 is 20.9 Å². The Morgan fingerprint density at radius 1 is 1.38 bits per heavy atom. The fraction of sp³-hybridized carbons (Fsp3) is 0.500. The highest BCUT2D eigenvalue weighted by Crippen LogP contribution is 2.15. The summed E-state index contributed by atoms with van der Waals surface area (Å²) in [6, 6.07) is 0.257. The minimum absolute atomic E-state index is 0.257. The van der Waals surface area contributed by atoms with Crippen LogP contribution in [0.25, 0.3) is 0 Å². The summed E-state index contributed by atoms with van der Waals surface area (Å²) in [5.41, 5.74) is 3.48. The van der Waals surface area contributed by atoms with Crippen LogP contribution in [0.4, 0.5) is 11.9 Å². The van der Waals surface area contributed by atoms with E-state index in [1.807, 2.05) is 32.1 Å². The van der Waals surface area contributed by atoms with Crippen molar-refractivity contribution in [3.63, 3.8) is 0 Å². The number of nitrogens with two attached hydrogens (primary N) is 1. The third-order valence-corrected chi connectivity index (χ3v) is 2.69. The van der Waals surface area contributed by atoms with Gasteiger partial charge in [-0.2, -0.15) is 20.1 Å². The molecule has 3 N–H and O–H groups in total. The molecule has 21 heavy (non-hydrogen) atoms. The molecular formula is C12H20N8O. The number of anilines is 2. The zero-order valence-electron chi connectivity index (χ0n) is 12.4. The normalized spacial score (nSPS) is 10.5. The van der Waals surface area contributed by atoms with E-state index in [1.165, 1.54) is 0 Å². The molecule has 0 aromatic carbocycles. The summed E-state index contributed by atoms with van der Waals surface area (Å²) in [4.78, 5) is 14.4. The van der Waals surface area contributed by atoms with E-state index >= 15 is 0 Å². The van der Waals surface area contributed by atoms with Crippen LogP contribution >= 0.6 is 0 Å². The SMILES string of the molecule is CCCOc1nc(NN)nc(N(C)Cc2cnn(C)c2)n1. The average molecular weight is 292 g/mol. The molecule has 9 heteroatoms. The van der Waals surface area contributed by atoms with Gasteiger partial charge >= 0.3 is 6.01 Å². The Kier molecular flexibility index (Phi) is 4.88. The maximum atomic E-state index is 5.44. The van der Waals surface area contributed by atoms with Gasteiger partial charge < -0.3 is 9.64 Å². The Labute approximate surface area is 123 Å². The topological polar surface area (TPSA) is 107 Å². The molecule has 0 unspecified atom stereocenters. The maximum Gasteiger partial charge on any atom is 0.323 e. The van der Waals surface area contributed by atoms with E-state index in [9.17, 15) is 0 Å². The van der Waals surface area contributed by atoms with E-state index in [0.717, 1.165) is 12.0 Å². The number of hydrogen-bond donors (Lipinski definition) is 2. The molecular weight excluding hydrogens is 272 g/mol. The fourth-order valence-corrected chi connectivity index (χ4v) is 1.74. The van der Waals surface area contributed by atoms with Gasteiger partial charge in [-0.15, -0.1) is 0 Å². The number of hydrogen-bond acceptors (Lipinski definition) is 8. The number of hydrazine groups is 1. The minimum atomic E-state index is 0.257. The van der Waals surface area contributed by atoms with E-state index in [2.05, 4.69) is 25.5 Å². The number of ether oxygens (including phenoxy) is 1. The van der Waals surface area contributed by atoms with Gasteiger partial charge in [0.1, 0.15) is 0 Å². The Morgan fingerprint density at radius 2 is 2.19 bits per heavy atom. The second kappa shape index (κ2) is 6.84. The van der Waals surface area contributed by atoms with Gasteiger partial charge in [0.2, 0.25) is 11.9 Å². The van der Waals surface area contributed by atoms with Crippen molar-refractivity contribution in [2.45, 2.75) is 19.9 Å². The number of rotatable bonds is 7.